The molecule has 0 aliphatic carbocycles. The van der Waals surface area contributed by atoms with Crippen LogP contribution in [-0.4, -0.2) is 30.4 Å². The summed E-state index contributed by atoms with van der Waals surface area (Å²) in [5.74, 6) is 0.687. The highest BCUT2D eigenvalue weighted by Crippen LogP contribution is 2.17. The van der Waals surface area contributed by atoms with Crippen LogP contribution in [0.25, 0.3) is 0 Å². The SMILES string of the molecule is CCCC(CC)NCC(O)COc1cccc(Cl)c1. The summed E-state index contributed by atoms with van der Waals surface area (Å²) in [6, 6.07) is 7.68. The zero-order valence-electron chi connectivity index (χ0n) is 11.7. The molecule has 0 fully saturated rings. The van der Waals surface area contributed by atoms with Gasteiger partial charge in [-0.15, -0.1) is 0 Å². The number of aliphatic hydroxyl groups is 1. The zero-order chi connectivity index (χ0) is 14.1. The Bertz CT molecular complexity index is 360. The lowest BCUT2D eigenvalue weighted by Crippen LogP contribution is -2.37. The molecule has 1 rings (SSSR count). The van der Waals surface area contributed by atoms with Crippen molar-refractivity contribution in [2.75, 3.05) is 13.2 Å². The van der Waals surface area contributed by atoms with Gasteiger partial charge in [0.05, 0.1) is 0 Å². The van der Waals surface area contributed by atoms with Crippen molar-refractivity contribution < 1.29 is 9.84 Å². The maximum Gasteiger partial charge on any atom is 0.120 e. The monoisotopic (exact) mass is 285 g/mol. The third-order valence-electron chi connectivity index (χ3n) is 3.01. The van der Waals surface area contributed by atoms with Gasteiger partial charge in [0.1, 0.15) is 18.5 Å². The number of nitrogens with one attached hydrogen (secondary N) is 1. The second kappa shape index (κ2) is 9.18. The van der Waals surface area contributed by atoms with E-state index < -0.39 is 6.10 Å². The fourth-order valence-corrected chi connectivity index (χ4v) is 2.09. The molecule has 0 radical (unpaired) electrons. The van der Waals surface area contributed by atoms with E-state index in [1.54, 1.807) is 12.1 Å². The summed E-state index contributed by atoms with van der Waals surface area (Å²) in [4.78, 5) is 0. The summed E-state index contributed by atoms with van der Waals surface area (Å²) < 4.78 is 5.50. The summed E-state index contributed by atoms with van der Waals surface area (Å²) in [5, 5.41) is 13.9. The van der Waals surface area contributed by atoms with Gasteiger partial charge in [-0.3, -0.25) is 0 Å². The Morgan fingerprint density at radius 1 is 1.37 bits per heavy atom. The number of rotatable bonds is 9. The number of ether oxygens (including phenoxy) is 1. The third-order valence-corrected chi connectivity index (χ3v) is 3.25. The molecule has 2 unspecified atom stereocenters. The summed E-state index contributed by atoms with van der Waals surface area (Å²) in [6.45, 7) is 5.15. The van der Waals surface area contributed by atoms with Crippen LogP contribution in [0, 0.1) is 0 Å². The number of hydrogen-bond donors (Lipinski definition) is 2. The molecule has 0 saturated carbocycles. The van der Waals surface area contributed by atoms with Gasteiger partial charge >= 0.3 is 0 Å². The number of halogens is 1. The van der Waals surface area contributed by atoms with Crippen LogP contribution in [0.2, 0.25) is 5.02 Å². The molecule has 0 heterocycles. The maximum atomic E-state index is 9.87. The standard InChI is InChI=1S/C15H24ClNO2/c1-3-6-13(4-2)17-10-14(18)11-19-15-8-5-7-12(16)9-15/h5,7-9,13-14,17-18H,3-4,6,10-11H2,1-2H3. The largest absolute Gasteiger partial charge is 0.491 e. The predicted molar refractivity (Wildman–Crippen MR) is 79.9 cm³/mol. The number of hydrogen-bond acceptors (Lipinski definition) is 3. The molecule has 2 atom stereocenters. The van der Waals surface area contributed by atoms with E-state index in [2.05, 4.69) is 19.2 Å². The molecule has 2 N–H and O–H groups in total. The van der Waals surface area contributed by atoms with Gasteiger partial charge in [-0.1, -0.05) is 37.9 Å². The summed E-state index contributed by atoms with van der Waals surface area (Å²) in [6.07, 6.45) is 2.86. The van der Waals surface area contributed by atoms with E-state index in [1.165, 1.54) is 0 Å². The van der Waals surface area contributed by atoms with Gasteiger partial charge in [0.15, 0.2) is 0 Å². The van der Waals surface area contributed by atoms with Gasteiger partial charge in [0, 0.05) is 17.6 Å². The fraction of sp³-hybridized carbons (Fsp3) is 0.600. The van der Waals surface area contributed by atoms with Gasteiger partial charge < -0.3 is 15.2 Å². The first-order chi connectivity index (χ1) is 9.15. The summed E-state index contributed by atoms with van der Waals surface area (Å²) in [5.41, 5.74) is 0. The fourth-order valence-electron chi connectivity index (χ4n) is 1.91. The van der Waals surface area contributed by atoms with Gasteiger partial charge in [0.25, 0.3) is 0 Å². The van der Waals surface area contributed by atoms with Crippen molar-refractivity contribution in [3.8, 4) is 5.75 Å². The molecule has 0 aliphatic rings. The van der Waals surface area contributed by atoms with Crippen molar-refractivity contribution >= 4 is 11.6 Å². The van der Waals surface area contributed by atoms with Crippen LogP contribution < -0.4 is 10.1 Å². The molecular weight excluding hydrogens is 262 g/mol. The smallest absolute Gasteiger partial charge is 0.120 e. The third kappa shape index (κ3) is 6.81. The molecule has 4 heteroatoms. The minimum Gasteiger partial charge on any atom is -0.491 e. The molecule has 0 aromatic heterocycles. The molecule has 0 bridgehead atoms. The van der Waals surface area contributed by atoms with Crippen molar-refractivity contribution in [2.45, 2.75) is 45.3 Å². The normalized spacial score (nSPS) is 14.1. The summed E-state index contributed by atoms with van der Waals surface area (Å²) in [7, 11) is 0. The number of benzene rings is 1. The molecule has 3 nitrogen and oxygen atoms in total. The Morgan fingerprint density at radius 2 is 2.16 bits per heavy atom. The van der Waals surface area contributed by atoms with Crippen LogP contribution in [0.3, 0.4) is 0 Å². The van der Waals surface area contributed by atoms with Crippen molar-refractivity contribution in [3.63, 3.8) is 0 Å². The molecule has 0 amide bonds. The Morgan fingerprint density at radius 3 is 2.79 bits per heavy atom. The molecule has 1 aromatic carbocycles. The lowest BCUT2D eigenvalue weighted by Gasteiger charge is -2.19. The Kier molecular flexibility index (Phi) is 7.87. The van der Waals surface area contributed by atoms with Gasteiger partial charge in [-0.05, 0) is 31.0 Å². The van der Waals surface area contributed by atoms with Crippen molar-refractivity contribution in [1.29, 1.82) is 0 Å². The zero-order valence-corrected chi connectivity index (χ0v) is 12.5. The van der Waals surface area contributed by atoms with Gasteiger partial charge in [-0.25, -0.2) is 0 Å². The lowest BCUT2D eigenvalue weighted by molar-refractivity contribution is 0.103. The average Bonchev–Trinajstić information content (AvgIpc) is 2.41. The lowest BCUT2D eigenvalue weighted by atomic mass is 10.1. The Balaban J connectivity index is 2.25. The van der Waals surface area contributed by atoms with E-state index in [0.717, 1.165) is 19.3 Å². The van der Waals surface area contributed by atoms with E-state index in [9.17, 15) is 5.11 Å². The van der Waals surface area contributed by atoms with E-state index in [-0.39, 0.29) is 6.61 Å². The van der Waals surface area contributed by atoms with Gasteiger partial charge in [-0.2, -0.15) is 0 Å². The van der Waals surface area contributed by atoms with Crippen molar-refractivity contribution in [1.82, 2.24) is 5.32 Å². The molecule has 0 aliphatic heterocycles. The van der Waals surface area contributed by atoms with Crippen LogP contribution in [-0.2, 0) is 0 Å². The topological polar surface area (TPSA) is 41.5 Å². The van der Waals surface area contributed by atoms with E-state index in [0.29, 0.717) is 23.4 Å². The van der Waals surface area contributed by atoms with Crippen LogP contribution in [0.15, 0.2) is 24.3 Å². The van der Waals surface area contributed by atoms with E-state index >= 15 is 0 Å². The van der Waals surface area contributed by atoms with Crippen LogP contribution in [0.5, 0.6) is 5.75 Å². The second-order valence-electron chi connectivity index (χ2n) is 4.72. The van der Waals surface area contributed by atoms with E-state index in [4.69, 9.17) is 16.3 Å². The first kappa shape index (κ1) is 16.3. The average molecular weight is 286 g/mol. The highest BCUT2D eigenvalue weighted by Gasteiger charge is 2.09. The minimum absolute atomic E-state index is 0.274. The highest BCUT2D eigenvalue weighted by atomic mass is 35.5. The van der Waals surface area contributed by atoms with Crippen molar-refractivity contribution in [2.24, 2.45) is 0 Å². The molecule has 0 spiro atoms. The minimum atomic E-state index is -0.509. The highest BCUT2D eigenvalue weighted by molar-refractivity contribution is 6.30. The Labute approximate surface area is 120 Å². The van der Waals surface area contributed by atoms with Gasteiger partial charge in [0.2, 0.25) is 0 Å². The van der Waals surface area contributed by atoms with Crippen LogP contribution in [0.4, 0.5) is 0 Å². The number of aliphatic hydroxyl groups excluding tert-OH is 1. The summed E-state index contributed by atoms with van der Waals surface area (Å²) >= 11 is 5.86. The molecule has 1 aromatic rings. The molecule has 0 saturated heterocycles. The maximum absolute atomic E-state index is 9.87. The predicted octanol–water partition coefficient (Wildman–Crippen LogP) is 3.25. The quantitative estimate of drug-likeness (QED) is 0.732. The first-order valence-corrected chi connectivity index (χ1v) is 7.33. The van der Waals surface area contributed by atoms with Crippen LogP contribution in [0.1, 0.15) is 33.1 Å². The van der Waals surface area contributed by atoms with Crippen molar-refractivity contribution in [3.05, 3.63) is 29.3 Å². The second-order valence-corrected chi connectivity index (χ2v) is 5.16. The Hall–Kier alpha value is -0.770. The van der Waals surface area contributed by atoms with E-state index in [1.807, 2.05) is 12.1 Å². The van der Waals surface area contributed by atoms with Crippen LogP contribution >= 0.6 is 11.6 Å². The molecule has 19 heavy (non-hydrogen) atoms. The first-order valence-electron chi connectivity index (χ1n) is 6.95. The molecule has 108 valence electrons. The molecular formula is C15H24ClNO2.